The molecule has 0 spiro atoms. The van der Waals surface area contributed by atoms with Gasteiger partial charge in [0.05, 0.1) is 7.05 Å². The van der Waals surface area contributed by atoms with Crippen LogP contribution in [0, 0.1) is 10.1 Å². The smallest absolute Gasteiger partial charge is 0.252 e. The first-order valence-electron chi connectivity index (χ1n) is 4.69. The summed E-state index contributed by atoms with van der Waals surface area (Å²) < 4.78 is 0. The van der Waals surface area contributed by atoms with Crippen molar-refractivity contribution in [1.82, 2.24) is 5.01 Å². The molecule has 1 rings (SSSR count). The van der Waals surface area contributed by atoms with Crippen molar-refractivity contribution in [2.45, 2.75) is 0 Å². The molecule has 0 aromatic heterocycles. The SMILES string of the molecule is CN(C(=O)CN(C)[N+](=O)[O-])c1ccccc1. The number of carbonyl (C=O) groups is 1. The van der Waals surface area contributed by atoms with E-state index in [0.717, 1.165) is 5.01 Å². The van der Waals surface area contributed by atoms with Crippen molar-refractivity contribution in [2.24, 2.45) is 0 Å². The summed E-state index contributed by atoms with van der Waals surface area (Å²) in [5.41, 5.74) is 0.712. The molecule has 0 radical (unpaired) electrons. The summed E-state index contributed by atoms with van der Waals surface area (Å²) in [4.78, 5) is 23.4. The average Bonchev–Trinajstić information content (AvgIpc) is 2.28. The molecule has 86 valence electrons. The molecule has 1 amide bonds. The Balaban J connectivity index is 2.65. The molecule has 0 atom stereocenters. The number of anilines is 1. The summed E-state index contributed by atoms with van der Waals surface area (Å²) in [5.74, 6) is -0.328. The van der Waals surface area contributed by atoms with Crippen molar-refractivity contribution in [3.05, 3.63) is 40.4 Å². The standard InChI is InChI=1S/C10H13N3O3/c1-11(13(15)16)8-10(14)12(2)9-6-4-3-5-7-9/h3-7H,8H2,1-2H3. The van der Waals surface area contributed by atoms with Crippen LogP contribution in [0.15, 0.2) is 30.3 Å². The first-order valence-corrected chi connectivity index (χ1v) is 4.69. The van der Waals surface area contributed by atoms with Gasteiger partial charge in [0, 0.05) is 12.7 Å². The minimum Gasteiger partial charge on any atom is -0.314 e. The lowest BCUT2D eigenvalue weighted by molar-refractivity contribution is -0.646. The minimum atomic E-state index is -0.614. The van der Waals surface area contributed by atoms with Gasteiger partial charge in [-0.15, -0.1) is 5.01 Å². The number of amides is 1. The number of hydrogen-bond acceptors (Lipinski definition) is 3. The van der Waals surface area contributed by atoms with Gasteiger partial charge in [-0.3, -0.25) is 4.79 Å². The third kappa shape index (κ3) is 2.94. The van der Waals surface area contributed by atoms with Crippen molar-refractivity contribution in [1.29, 1.82) is 0 Å². The number of likely N-dealkylation sites (N-methyl/N-ethyl adjacent to an activating group) is 2. The van der Waals surface area contributed by atoms with E-state index >= 15 is 0 Å². The Labute approximate surface area is 93.2 Å². The number of hydrogen-bond donors (Lipinski definition) is 0. The second-order valence-electron chi connectivity index (χ2n) is 3.34. The summed E-state index contributed by atoms with van der Waals surface area (Å²) >= 11 is 0. The van der Waals surface area contributed by atoms with Crippen molar-refractivity contribution < 1.29 is 9.83 Å². The third-order valence-corrected chi connectivity index (χ3v) is 2.16. The Morgan fingerprint density at radius 3 is 2.38 bits per heavy atom. The molecule has 6 nitrogen and oxygen atoms in total. The van der Waals surface area contributed by atoms with E-state index in [2.05, 4.69) is 0 Å². The molecular weight excluding hydrogens is 210 g/mol. The van der Waals surface area contributed by atoms with Crippen molar-refractivity contribution in [3.63, 3.8) is 0 Å². The molecule has 0 unspecified atom stereocenters. The molecule has 0 aliphatic rings. The van der Waals surface area contributed by atoms with Gasteiger partial charge < -0.3 is 4.90 Å². The van der Waals surface area contributed by atoms with Gasteiger partial charge in [-0.05, 0) is 12.1 Å². The molecule has 0 saturated carbocycles. The summed E-state index contributed by atoms with van der Waals surface area (Å²) in [5, 5.41) is 10.5. The van der Waals surface area contributed by atoms with E-state index in [1.807, 2.05) is 6.07 Å². The van der Waals surface area contributed by atoms with Crippen LogP contribution in [0.1, 0.15) is 0 Å². The van der Waals surface area contributed by atoms with Gasteiger partial charge in [-0.2, -0.15) is 0 Å². The summed E-state index contributed by atoms with van der Waals surface area (Å²) in [6, 6.07) is 8.98. The van der Waals surface area contributed by atoms with Crippen molar-refractivity contribution >= 4 is 11.6 Å². The van der Waals surface area contributed by atoms with Crippen LogP contribution >= 0.6 is 0 Å². The number of carbonyl (C=O) groups excluding carboxylic acids is 1. The maximum Gasteiger partial charge on any atom is 0.252 e. The highest BCUT2D eigenvalue weighted by Crippen LogP contribution is 2.11. The summed E-state index contributed by atoms with van der Waals surface area (Å²) in [6.07, 6.45) is 0. The fourth-order valence-corrected chi connectivity index (χ4v) is 1.16. The Hall–Kier alpha value is -2.11. The van der Waals surface area contributed by atoms with E-state index in [1.54, 1.807) is 31.3 Å². The highest BCUT2D eigenvalue weighted by atomic mass is 16.7. The number of benzene rings is 1. The number of para-hydroxylation sites is 1. The monoisotopic (exact) mass is 223 g/mol. The Morgan fingerprint density at radius 1 is 1.31 bits per heavy atom. The number of hydrazine groups is 1. The Morgan fingerprint density at radius 2 is 1.88 bits per heavy atom. The Kier molecular flexibility index (Phi) is 3.82. The normalized spacial score (nSPS) is 9.62. The molecule has 0 bridgehead atoms. The largest absolute Gasteiger partial charge is 0.314 e. The van der Waals surface area contributed by atoms with Gasteiger partial charge in [0.25, 0.3) is 5.91 Å². The van der Waals surface area contributed by atoms with Crippen LogP contribution in [0.4, 0.5) is 5.69 Å². The summed E-state index contributed by atoms with van der Waals surface area (Å²) in [6.45, 7) is -0.252. The van der Waals surface area contributed by atoms with E-state index < -0.39 is 5.03 Å². The molecule has 1 aromatic rings. The highest BCUT2D eigenvalue weighted by molar-refractivity contribution is 5.94. The van der Waals surface area contributed by atoms with Gasteiger partial charge in [-0.1, -0.05) is 18.2 Å². The molecule has 1 aromatic carbocycles. The van der Waals surface area contributed by atoms with E-state index in [4.69, 9.17) is 0 Å². The number of rotatable bonds is 4. The van der Waals surface area contributed by atoms with Gasteiger partial charge in [0.1, 0.15) is 0 Å². The second kappa shape index (κ2) is 5.11. The van der Waals surface area contributed by atoms with Crippen LogP contribution in [-0.4, -0.2) is 36.6 Å². The zero-order valence-electron chi connectivity index (χ0n) is 9.16. The molecule has 0 aliphatic heterocycles. The molecule has 16 heavy (non-hydrogen) atoms. The quantitative estimate of drug-likeness (QED) is 0.558. The predicted octanol–water partition coefficient (Wildman–Crippen LogP) is 0.773. The molecule has 0 N–H and O–H groups in total. The maximum absolute atomic E-state index is 11.6. The number of nitro groups is 1. The maximum atomic E-state index is 11.6. The molecule has 0 fully saturated rings. The fourth-order valence-electron chi connectivity index (χ4n) is 1.16. The van der Waals surface area contributed by atoms with E-state index in [1.165, 1.54) is 11.9 Å². The van der Waals surface area contributed by atoms with Crippen LogP contribution in [0.2, 0.25) is 0 Å². The highest BCUT2D eigenvalue weighted by Gasteiger charge is 2.17. The summed E-state index contributed by atoms with van der Waals surface area (Å²) in [7, 11) is 2.85. The van der Waals surface area contributed by atoms with Crippen LogP contribution in [0.25, 0.3) is 0 Å². The van der Waals surface area contributed by atoms with E-state index in [0.29, 0.717) is 5.69 Å². The lowest BCUT2D eigenvalue weighted by Gasteiger charge is -2.18. The van der Waals surface area contributed by atoms with Gasteiger partial charge >= 0.3 is 0 Å². The van der Waals surface area contributed by atoms with Gasteiger partial charge in [0.15, 0.2) is 11.6 Å². The average molecular weight is 223 g/mol. The Bertz CT molecular complexity index is 380. The third-order valence-electron chi connectivity index (χ3n) is 2.16. The lowest BCUT2D eigenvalue weighted by atomic mass is 10.3. The topological polar surface area (TPSA) is 66.7 Å². The first-order chi connectivity index (χ1) is 7.52. The predicted molar refractivity (Wildman–Crippen MR) is 59.5 cm³/mol. The van der Waals surface area contributed by atoms with Gasteiger partial charge in [-0.25, -0.2) is 10.1 Å². The van der Waals surface area contributed by atoms with E-state index in [-0.39, 0.29) is 12.5 Å². The lowest BCUT2D eigenvalue weighted by Crippen LogP contribution is -2.39. The van der Waals surface area contributed by atoms with E-state index in [9.17, 15) is 14.9 Å². The van der Waals surface area contributed by atoms with Crippen LogP contribution in [0.3, 0.4) is 0 Å². The number of nitrogens with zero attached hydrogens (tertiary/aromatic N) is 3. The molecular formula is C10H13N3O3. The minimum absolute atomic E-state index is 0.252. The zero-order chi connectivity index (χ0) is 12.1. The molecule has 0 aliphatic carbocycles. The molecule has 0 heterocycles. The molecule has 0 saturated heterocycles. The van der Waals surface area contributed by atoms with Crippen LogP contribution in [-0.2, 0) is 4.79 Å². The molecule has 6 heteroatoms. The van der Waals surface area contributed by atoms with Crippen LogP contribution < -0.4 is 4.90 Å². The van der Waals surface area contributed by atoms with Crippen LogP contribution in [0.5, 0.6) is 0 Å². The second-order valence-corrected chi connectivity index (χ2v) is 3.34. The zero-order valence-corrected chi connectivity index (χ0v) is 9.16. The van der Waals surface area contributed by atoms with Gasteiger partial charge in [0.2, 0.25) is 0 Å². The van der Waals surface area contributed by atoms with Crippen molar-refractivity contribution in [2.75, 3.05) is 25.5 Å². The first kappa shape index (κ1) is 12.0. The van der Waals surface area contributed by atoms with Crippen molar-refractivity contribution in [3.8, 4) is 0 Å². The fraction of sp³-hybridized carbons (Fsp3) is 0.300.